The second kappa shape index (κ2) is 7.08. The van der Waals surface area contributed by atoms with Crippen molar-refractivity contribution in [2.45, 2.75) is 44.4 Å². The zero-order valence-electron chi connectivity index (χ0n) is 13.4. The quantitative estimate of drug-likeness (QED) is 0.578. The van der Waals surface area contributed by atoms with E-state index in [4.69, 9.17) is 39.5 Å². The average Bonchev–Trinajstić information content (AvgIpc) is 3.03. The van der Waals surface area contributed by atoms with Crippen molar-refractivity contribution >= 4 is 51.8 Å². The van der Waals surface area contributed by atoms with Gasteiger partial charge < -0.3 is 25.4 Å². The van der Waals surface area contributed by atoms with Crippen LogP contribution in [0.5, 0.6) is 0 Å². The number of aliphatic hydroxyl groups excluding tert-OH is 3. The van der Waals surface area contributed by atoms with Crippen LogP contribution in [0.3, 0.4) is 0 Å². The van der Waals surface area contributed by atoms with E-state index < -0.39 is 31.1 Å². The molecule has 0 radical (unpaired) electrons. The highest BCUT2D eigenvalue weighted by Gasteiger charge is 2.44. The summed E-state index contributed by atoms with van der Waals surface area (Å²) in [4.78, 5) is 4.45. The second-order valence-corrected chi connectivity index (χ2v) is 7.35. The van der Waals surface area contributed by atoms with Crippen molar-refractivity contribution in [2.75, 3.05) is 11.9 Å². The van der Waals surface area contributed by atoms with Crippen molar-refractivity contribution < 1.29 is 20.1 Å². The normalized spacial score (nSPS) is 26.8. The van der Waals surface area contributed by atoms with Crippen LogP contribution in [-0.2, 0) is 4.74 Å². The Labute approximate surface area is 159 Å². The third kappa shape index (κ3) is 3.19. The van der Waals surface area contributed by atoms with Crippen molar-refractivity contribution in [1.29, 1.82) is 0 Å². The number of aliphatic hydroxyl groups is 3. The van der Waals surface area contributed by atoms with Crippen molar-refractivity contribution in [2.24, 2.45) is 0 Å². The topological polar surface area (TPSA) is 99.8 Å². The summed E-state index contributed by atoms with van der Waals surface area (Å²) in [7, 11) is 0. The van der Waals surface area contributed by atoms with Crippen LogP contribution in [0.4, 0.5) is 5.95 Å². The molecule has 4 N–H and O–H groups in total. The molecule has 1 fully saturated rings. The molecule has 0 spiro atoms. The Morgan fingerprint density at radius 2 is 1.92 bits per heavy atom. The third-order valence-corrected chi connectivity index (χ3v) is 5.26. The number of nitrogens with zero attached hydrogens (tertiary/aromatic N) is 2. The molecule has 2 heterocycles. The second-order valence-electron chi connectivity index (χ2n) is 6.19. The fourth-order valence-corrected chi connectivity index (χ4v) is 3.48. The van der Waals surface area contributed by atoms with E-state index in [0.29, 0.717) is 17.0 Å². The summed E-state index contributed by atoms with van der Waals surface area (Å²) in [5.74, 6) is 0.375. The largest absolute Gasteiger partial charge is 0.394 e. The van der Waals surface area contributed by atoms with Crippen LogP contribution in [0.2, 0.25) is 15.1 Å². The van der Waals surface area contributed by atoms with Gasteiger partial charge in [-0.3, -0.25) is 4.57 Å². The van der Waals surface area contributed by atoms with E-state index in [1.165, 1.54) is 0 Å². The molecule has 1 aromatic heterocycles. The first-order chi connectivity index (χ1) is 11.8. The molecule has 0 amide bonds. The van der Waals surface area contributed by atoms with E-state index in [9.17, 15) is 15.3 Å². The minimum Gasteiger partial charge on any atom is -0.394 e. The van der Waals surface area contributed by atoms with Crippen LogP contribution in [0.15, 0.2) is 6.07 Å². The van der Waals surface area contributed by atoms with Crippen molar-refractivity contribution in [3.63, 3.8) is 0 Å². The Balaban J connectivity index is 2.21. The fraction of sp³-hybridized carbons (Fsp3) is 0.533. The van der Waals surface area contributed by atoms with Crippen LogP contribution in [-0.4, -0.2) is 55.8 Å². The number of fused-ring (bicyclic) bond motifs is 1. The van der Waals surface area contributed by atoms with Gasteiger partial charge in [-0.15, -0.1) is 0 Å². The van der Waals surface area contributed by atoms with E-state index in [1.54, 1.807) is 10.6 Å². The zero-order chi connectivity index (χ0) is 18.5. The molecule has 3 rings (SSSR count). The molecule has 1 aromatic carbocycles. The molecule has 0 aliphatic carbocycles. The van der Waals surface area contributed by atoms with Crippen molar-refractivity contribution in [1.82, 2.24) is 9.55 Å². The standard InChI is InChI=1S/C15H18Cl3N3O4/c1-5(2)19-15-20-11-7(3-6(16)9(17)10(11)18)21(15)14-13(24)12(23)8(4-22)25-14/h3,5,8,12-14,22-24H,4H2,1-2H3,(H,19,20)/t8?,12-,13-,14-/m0/s1. The number of benzene rings is 1. The smallest absolute Gasteiger partial charge is 0.206 e. The SMILES string of the molecule is CC(C)Nc1nc2c(Cl)c(Cl)c(Cl)cc2n1[C@H]1OC(CO)[C@H](O)[C@@H]1O. The number of ether oxygens (including phenoxy) is 1. The molecule has 0 saturated carbocycles. The van der Waals surface area contributed by atoms with Crippen LogP contribution in [0, 0.1) is 0 Å². The summed E-state index contributed by atoms with van der Waals surface area (Å²) in [5.41, 5.74) is 0.870. The lowest BCUT2D eigenvalue weighted by atomic mass is 10.1. The van der Waals surface area contributed by atoms with Gasteiger partial charge in [0.15, 0.2) is 6.23 Å². The molecule has 1 saturated heterocycles. The van der Waals surface area contributed by atoms with E-state index in [0.717, 1.165) is 0 Å². The molecule has 10 heteroatoms. The number of nitrogens with one attached hydrogen (secondary N) is 1. The maximum absolute atomic E-state index is 10.4. The van der Waals surface area contributed by atoms with Gasteiger partial charge in [-0.25, -0.2) is 4.98 Å². The molecule has 138 valence electrons. The summed E-state index contributed by atoms with van der Waals surface area (Å²) in [5, 5.41) is 33.5. The summed E-state index contributed by atoms with van der Waals surface area (Å²) in [6.45, 7) is 3.41. The Hall–Kier alpha value is -0.800. The number of hydrogen-bond acceptors (Lipinski definition) is 6. The number of aromatic nitrogens is 2. The minimum atomic E-state index is -1.27. The lowest BCUT2D eigenvalue weighted by Gasteiger charge is -2.21. The van der Waals surface area contributed by atoms with Gasteiger partial charge in [0.1, 0.15) is 23.8 Å². The molecule has 0 bridgehead atoms. The number of imidazole rings is 1. The Morgan fingerprint density at radius 3 is 2.48 bits per heavy atom. The summed E-state index contributed by atoms with van der Waals surface area (Å²) < 4.78 is 7.20. The fourth-order valence-electron chi connectivity index (χ4n) is 2.85. The number of halogens is 3. The molecule has 1 aliphatic rings. The first-order valence-corrected chi connectivity index (χ1v) is 8.84. The molecular formula is C15H18Cl3N3O4. The Kier molecular flexibility index (Phi) is 5.37. The van der Waals surface area contributed by atoms with E-state index in [-0.39, 0.29) is 21.1 Å². The molecule has 1 unspecified atom stereocenters. The van der Waals surface area contributed by atoms with Gasteiger partial charge in [0, 0.05) is 6.04 Å². The molecule has 4 atom stereocenters. The van der Waals surface area contributed by atoms with Crippen molar-refractivity contribution in [3.05, 3.63) is 21.1 Å². The lowest BCUT2D eigenvalue weighted by molar-refractivity contribution is -0.0499. The summed E-state index contributed by atoms with van der Waals surface area (Å²) >= 11 is 18.5. The van der Waals surface area contributed by atoms with Gasteiger partial charge in [-0.1, -0.05) is 34.8 Å². The average molecular weight is 411 g/mol. The predicted molar refractivity (Wildman–Crippen MR) is 96.5 cm³/mol. The summed E-state index contributed by atoms with van der Waals surface area (Å²) in [6.07, 6.45) is -4.40. The highest BCUT2D eigenvalue weighted by atomic mass is 35.5. The molecule has 7 nitrogen and oxygen atoms in total. The van der Waals surface area contributed by atoms with Crippen LogP contribution in [0.1, 0.15) is 20.1 Å². The lowest BCUT2D eigenvalue weighted by Crippen LogP contribution is -2.33. The van der Waals surface area contributed by atoms with Gasteiger partial charge in [0.05, 0.1) is 27.2 Å². The highest BCUT2D eigenvalue weighted by molar-refractivity contribution is 6.50. The van der Waals surface area contributed by atoms with Crippen LogP contribution in [0.25, 0.3) is 11.0 Å². The summed E-state index contributed by atoms with van der Waals surface area (Å²) in [6, 6.07) is 1.59. The molecular weight excluding hydrogens is 393 g/mol. The number of hydrogen-bond donors (Lipinski definition) is 4. The van der Waals surface area contributed by atoms with E-state index >= 15 is 0 Å². The minimum absolute atomic E-state index is 0.0254. The first-order valence-electron chi connectivity index (χ1n) is 7.70. The van der Waals surface area contributed by atoms with Crippen LogP contribution < -0.4 is 5.32 Å². The Morgan fingerprint density at radius 1 is 1.24 bits per heavy atom. The number of rotatable bonds is 4. The maximum atomic E-state index is 10.4. The third-order valence-electron chi connectivity index (χ3n) is 4.01. The van der Waals surface area contributed by atoms with Crippen LogP contribution >= 0.6 is 34.8 Å². The number of anilines is 1. The molecule has 1 aliphatic heterocycles. The zero-order valence-corrected chi connectivity index (χ0v) is 15.7. The molecule has 2 aromatic rings. The molecule has 25 heavy (non-hydrogen) atoms. The van der Waals surface area contributed by atoms with Gasteiger partial charge >= 0.3 is 0 Å². The predicted octanol–water partition coefficient (Wildman–Crippen LogP) is 2.43. The monoisotopic (exact) mass is 409 g/mol. The van der Waals surface area contributed by atoms with Gasteiger partial charge in [0.2, 0.25) is 5.95 Å². The van der Waals surface area contributed by atoms with Gasteiger partial charge in [-0.2, -0.15) is 0 Å². The Bertz CT molecular complexity index is 798. The van der Waals surface area contributed by atoms with E-state index in [1.807, 2.05) is 13.8 Å². The highest BCUT2D eigenvalue weighted by Crippen LogP contribution is 2.41. The van der Waals surface area contributed by atoms with Gasteiger partial charge in [-0.05, 0) is 19.9 Å². The first kappa shape index (κ1) is 19.0. The van der Waals surface area contributed by atoms with Gasteiger partial charge in [0.25, 0.3) is 0 Å². The van der Waals surface area contributed by atoms with E-state index in [2.05, 4.69) is 10.3 Å². The maximum Gasteiger partial charge on any atom is 0.206 e. The van der Waals surface area contributed by atoms with Crippen molar-refractivity contribution in [3.8, 4) is 0 Å².